The fourth-order valence-corrected chi connectivity index (χ4v) is 1.24. The van der Waals surface area contributed by atoms with E-state index in [1.165, 1.54) is 0 Å². The molecule has 0 heterocycles. The Labute approximate surface area is 63.0 Å². The summed E-state index contributed by atoms with van der Waals surface area (Å²) in [7, 11) is 0. The molecule has 0 atom stereocenters. The Hall–Kier alpha value is -0.530. The van der Waals surface area contributed by atoms with Gasteiger partial charge < -0.3 is 5.32 Å². The molecule has 1 amide bonds. The zero-order valence-electron chi connectivity index (χ0n) is 7.27. The van der Waals surface area contributed by atoms with Crippen LogP contribution in [0, 0.1) is 5.92 Å². The average molecular weight is 143 g/mol. The van der Waals surface area contributed by atoms with Crippen molar-refractivity contribution in [3.63, 3.8) is 0 Å². The normalized spacial score (nSPS) is 11.7. The Kier molecular flexibility index (Phi) is 3.40. The van der Waals surface area contributed by atoms with Gasteiger partial charge in [-0.25, -0.2) is 0 Å². The monoisotopic (exact) mass is 143 g/mol. The second kappa shape index (κ2) is 3.59. The third kappa shape index (κ3) is 4.36. The molecule has 0 aromatic carbocycles. The van der Waals surface area contributed by atoms with Crippen molar-refractivity contribution in [3.8, 4) is 0 Å². The van der Waals surface area contributed by atoms with E-state index in [1.807, 2.05) is 13.8 Å². The lowest BCUT2D eigenvalue weighted by Crippen LogP contribution is -2.39. The lowest BCUT2D eigenvalue weighted by molar-refractivity contribution is -0.111. The van der Waals surface area contributed by atoms with E-state index in [-0.39, 0.29) is 5.54 Å². The Morgan fingerprint density at radius 1 is 1.50 bits per heavy atom. The molecule has 0 aromatic rings. The van der Waals surface area contributed by atoms with Gasteiger partial charge in [-0.1, -0.05) is 13.8 Å². The molecule has 0 fully saturated rings. The van der Waals surface area contributed by atoms with Gasteiger partial charge >= 0.3 is 0 Å². The Morgan fingerprint density at radius 3 is 2.30 bits per heavy atom. The van der Waals surface area contributed by atoms with Gasteiger partial charge in [-0.05, 0) is 26.2 Å². The lowest BCUT2D eigenvalue weighted by Gasteiger charge is -2.25. The summed E-state index contributed by atoms with van der Waals surface area (Å²) < 4.78 is 0. The minimum atomic E-state index is -0.0457. The molecular formula is C8H17NO. The SMILES string of the molecule is CC(C)CC(C)(C)NC=O. The fourth-order valence-electron chi connectivity index (χ4n) is 1.24. The number of hydrogen-bond donors (Lipinski definition) is 1. The van der Waals surface area contributed by atoms with Gasteiger partial charge in [-0.3, -0.25) is 4.79 Å². The molecule has 0 unspecified atom stereocenters. The first-order chi connectivity index (χ1) is 4.48. The predicted molar refractivity (Wildman–Crippen MR) is 42.7 cm³/mol. The maximum absolute atomic E-state index is 10.1. The molecule has 0 bridgehead atoms. The predicted octanol–water partition coefficient (Wildman–Crippen LogP) is 1.56. The summed E-state index contributed by atoms with van der Waals surface area (Å²) in [6.45, 7) is 8.35. The number of hydrogen-bond acceptors (Lipinski definition) is 1. The quantitative estimate of drug-likeness (QED) is 0.594. The molecule has 0 spiro atoms. The van der Waals surface area contributed by atoms with E-state index in [9.17, 15) is 4.79 Å². The van der Waals surface area contributed by atoms with Crippen molar-refractivity contribution < 1.29 is 4.79 Å². The van der Waals surface area contributed by atoms with E-state index in [2.05, 4.69) is 19.2 Å². The first kappa shape index (κ1) is 9.47. The summed E-state index contributed by atoms with van der Waals surface area (Å²) >= 11 is 0. The van der Waals surface area contributed by atoms with Crippen molar-refractivity contribution in [3.05, 3.63) is 0 Å². The zero-order valence-corrected chi connectivity index (χ0v) is 7.27. The zero-order chi connectivity index (χ0) is 8.20. The molecule has 1 N–H and O–H groups in total. The van der Waals surface area contributed by atoms with Crippen LogP contribution in [0.4, 0.5) is 0 Å². The summed E-state index contributed by atoms with van der Waals surface area (Å²) in [6.07, 6.45) is 1.79. The highest BCUT2D eigenvalue weighted by molar-refractivity contribution is 5.47. The number of amides is 1. The molecule has 0 aliphatic carbocycles. The summed E-state index contributed by atoms with van der Waals surface area (Å²) in [5.41, 5.74) is -0.0457. The fraction of sp³-hybridized carbons (Fsp3) is 0.875. The Balaban J connectivity index is 3.73. The third-order valence-corrected chi connectivity index (χ3v) is 1.37. The second-order valence-corrected chi connectivity index (χ2v) is 3.74. The number of rotatable bonds is 4. The smallest absolute Gasteiger partial charge is 0.207 e. The lowest BCUT2D eigenvalue weighted by atomic mass is 9.93. The first-order valence-corrected chi connectivity index (χ1v) is 3.69. The maximum atomic E-state index is 10.1. The average Bonchev–Trinajstić information content (AvgIpc) is 1.59. The van der Waals surface area contributed by atoms with Crippen molar-refractivity contribution in [2.24, 2.45) is 5.92 Å². The summed E-state index contributed by atoms with van der Waals surface area (Å²) in [6, 6.07) is 0. The van der Waals surface area contributed by atoms with E-state index < -0.39 is 0 Å². The van der Waals surface area contributed by atoms with Crippen molar-refractivity contribution in [1.82, 2.24) is 5.32 Å². The minimum Gasteiger partial charge on any atom is -0.354 e. The van der Waals surface area contributed by atoms with Gasteiger partial charge in [0.1, 0.15) is 0 Å². The van der Waals surface area contributed by atoms with Crippen LogP contribution in [0.1, 0.15) is 34.1 Å². The van der Waals surface area contributed by atoms with Gasteiger partial charge in [0, 0.05) is 5.54 Å². The van der Waals surface area contributed by atoms with Crippen molar-refractivity contribution in [2.75, 3.05) is 0 Å². The van der Waals surface area contributed by atoms with Crippen molar-refractivity contribution in [2.45, 2.75) is 39.7 Å². The van der Waals surface area contributed by atoms with Crippen LogP contribution in [-0.2, 0) is 4.79 Å². The molecule has 0 rings (SSSR count). The second-order valence-electron chi connectivity index (χ2n) is 3.74. The number of carbonyl (C=O) groups excluding carboxylic acids is 1. The van der Waals surface area contributed by atoms with E-state index in [1.54, 1.807) is 0 Å². The molecule has 2 nitrogen and oxygen atoms in total. The highest BCUT2D eigenvalue weighted by Crippen LogP contribution is 2.14. The highest BCUT2D eigenvalue weighted by Gasteiger charge is 2.16. The third-order valence-electron chi connectivity index (χ3n) is 1.37. The summed E-state index contributed by atoms with van der Waals surface area (Å²) in [4.78, 5) is 10.1. The van der Waals surface area contributed by atoms with Crippen LogP contribution < -0.4 is 5.32 Å². The van der Waals surface area contributed by atoms with Gasteiger partial charge in [0.25, 0.3) is 0 Å². The highest BCUT2D eigenvalue weighted by atomic mass is 16.1. The Morgan fingerprint density at radius 2 is 2.00 bits per heavy atom. The molecule has 2 heteroatoms. The van der Waals surface area contributed by atoms with E-state index in [4.69, 9.17) is 0 Å². The molecular weight excluding hydrogens is 126 g/mol. The molecule has 60 valence electrons. The van der Waals surface area contributed by atoms with Crippen LogP contribution in [0.5, 0.6) is 0 Å². The topological polar surface area (TPSA) is 29.1 Å². The molecule has 0 aliphatic heterocycles. The van der Waals surface area contributed by atoms with Gasteiger partial charge in [-0.15, -0.1) is 0 Å². The van der Waals surface area contributed by atoms with Crippen LogP contribution in [0.2, 0.25) is 0 Å². The molecule has 0 radical (unpaired) electrons. The molecule has 0 aromatic heterocycles. The molecule has 0 aliphatic rings. The Bertz CT molecular complexity index is 108. The summed E-state index contributed by atoms with van der Waals surface area (Å²) in [5, 5.41) is 2.77. The standard InChI is InChI=1S/C8H17NO/c1-7(2)5-8(3,4)9-6-10/h6-7H,5H2,1-4H3,(H,9,10). The first-order valence-electron chi connectivity index (χ1n) is 3.69. The van der Waals surface area contributed by atoms with E-state index in [0.29, 0.717) is 5.92 Å². The van der Waals surface area contributed by atoms with Gasteiger partial charge in [0.05, 0.1) is 0 Å². The van der Waals surface area contributed by atoms with E-state index in [0.717, 1.165) is 12.8 Å². The van der Waals surface area contributed by atoms with Crippen LogP contribution in [0.25, 0.3) is 0 Å². The number of carbonyl (C=O) groups is 1. The molecule has 0 saturated heterocycles. The summed E-state index contributed by atoms with van der Waals surface area (Å²) in [5.74, 6) is 0.627. The van der Waals surface area contributed by atoms with Crippen LogP contribution in [0.3, 0.4) is 0 Å². The van der Waals surface area contributed by atoms with Gasteiger partial charge in [-0.2, -0.15) is 0 Å². The van der Waals surface area contributed by atoms with Gasteiger partial charge in [0.15, 0.2) is 0 Å². The molecule has 10 heavy (non-hydrogen) atoms. The van der Waals surface area contributed by atoms with Crippen LogP contribution in [0.15, 0.2) is 0 Å². The van der Waals surface area contributed by atoms with Crippen molar-refractivity contribution >= 4 is 6.41 Å². The van der Waals surface area contributed by atoms with Gasteiger partial charge in [0.2, 0.25) is 6.41 Å². The maximum Gasteiger partial charge on any atom is 0.207 e. The van der Waals surface area contributed by atoms with Crippen molar-refractivity contribution in [1.29, 1.82) is 0 Å². The largest absolute Gasteiger partial charge is 0.354 e. The van der Waals surface area contributed by atoms with Crippen LogP contribution >= 0.6 is 0 Å². The molecule has 0 saturated carbocycles. The number of nitrogens with one attached hydrogen (secondary N) is 1. The van der Waals surface area contributed by atoms with E-state index >= 15 is 0 Å². The minimum absolute atomic E-state index is 0.0457. The van der Waals surface area contributed by atoms with Crippen LogP contribution in [-0.4, -0.2) is 11.9 Å².